The van der Waals surface area contributed by atoms with E-state index >= 15 is 0 Å². The lowest BCUT2D eigenvalue weighted by Gasteiger charge is -2.35. The Morgan fingerprint density at radius 1 is 1.07 bits per heavy atom. The number of piperidine rings is 1. The van der Waals surface area contributed by atoms with Crippen LogP contribution in [0.25, 0.3) is 0 Å². The van der Waals surface area contributed by atoms with Gasteiger partial charge in [0.1, 0.15) is 11.9 Å². The summed E-state index contributed by atoms with van der Waals surface area (Å²) in [5.74, 6) is -0.789. The molecule has 2 aromatic carbocycles. The van der Waals surface area contributed by atoms with Crippen molar-refractivity contribution in [2.45, 2.75) is 43.7 Å². The van der Waals surface area contributed by atoms with Crippen LogP contribution in [0.4, 0.5) is 4.39 Å². The predicted molar refractivity (Wildman–Crippen MR) is 111 cm³/mol. The van der Waals surface area contributed by atoms with Crippen LogP contribution >= 0.6 is 0 Å². The number of halogens is 1. The molecule has 1 aliphatic rings. The maximum absolute atomic E-state index is 13.2. The van der Waals surface area contributed by atoms with Gasteiger partial charge in [-0.3, -0.25) is 9.59 Å². The molecule has 30 heavy (non-hydrogen) atoms. The lowest BCUT2D eigenvalue weighted by Crippen LogP contribution is -2.52. The summed E-state index contributed by atoms with van der Waals surface area (Å²) >= 11 is 0. The van der Waals surface area contributed by atoms with Gasteiger partial charge in [0.15, 0.2) is 5.78 Å². The summed E-state index contributed by atoms with van der Waals surface area (Å²) in [5.41, 5.74) is 1.19. The third kappa shape index (κ3) is 4.76. The Morgan fingerprint density at radius 2 is 1.70 bits per heavy atom. The number of ketones is 1. The molecule has 0 bridgehead atoms. The van der Waals surface area contributed by atoms with Gasteiger partial charge in [0.25, 0.3) is 0 Å². The van der Waals surface area contributed by atoms with Crippen molar-refractivity contribution in [3.63, 3.8) is 0 Å². The van der Waals surface area contributed by atoms with Gasteiger partial charge < -0.3 is 4.90 Å². The number of benzene rings is 2. The molecule has 1 unspecified atom stereocenters. The van der Waals surface area contributed by atoms with E-state index in [-0.39, 0.29) is 35.5 Å². The normalized spacial score (nSPS) is 17.5. The second kappa shape index (κ2) is 9.06. The Kier molecular flexibility index (Phi) is 6.67. The highest BCUT2D eigenvalue weighted by Gasteiger charge is 2.38. The smallest absolute Gasteiger partial charge is 0.243 e. The molecule has 1 aliphatic heterocycles. The first-order chi connectivity index (χ1) is 14.2. The van der Waals surface area contributed by atoms with E-state index < -0.39 is 16.1 Å². The van der Waals surface area contributed by atoms with E-state index in [9.17, 15) is 22.4 Å². The summed E-state index contributed by atoms with van der Waals surface area (Å²) in [4.78, 5) is 26.1. The maximum atomic E-state index is 13.2. The molecule has 1 amide bonds. The van der Waals surface area contributed by atoms with Crippen molar-refractivity contribution in [2.75, 3.05) is 13.6 Å². The predicted octanol–water partition coefficient (Wildman–Crippen LogP) is 3.23. The second-order valence-electron chi connectivity index (χ2n) is 7.53. The van der Waals surface area contributed by atoms with Gasteiger partial charge in [-0.2, -0.15) is 4.31 Å². The minimum atomic E-state index is -3.89. The van der Waals surface area contributed by atoms with Crippen molar-refractivity contribution in [1.82, 2.24) is 9.21 Å². The largest absolute Gasteiger partial charge is 0.340 e. The zero-order valence-corrected chi connectivity index (χ0v) is 17.9. The average Bonchev–Trinajstić information content (AvgIpc) is 2.74. The van der Waals surface area contributed by atoms with Gasteiger partial charge in [0.2, 0.25) is 15.9 Å². The van der Waals surface area contributed by atoms with Gasteiger partial charge in [-0.05, 0) is 49.6 Å². The molecule has 8 heteroatoms. The molecule has 0 radical (unpaired) electrons. The molecule has 6 nitrogen and oxygen atoms in total. The van der Waals surface area contributed by atoms with Crippen LogP contribution in [0.5, 0.6) is 0 Å². The Morgan fingerprint density at radius 3 is 2.30 bits per heavy atom. The molecule has 1 fully saturated rings. The molecule has 0 aromatic heterocycles. The summed E-state index contributed by atoms with van der Waals surface area (Å²) in [5, 5.41) is 0. The molecular formula is C22H25FN2O4S. The fourth-order valence-electron chi connectivity index (χ4n) is 3.63. The number of sulfonamides is 1. The van der Waals surface area contributed by atoms with Crippen LogP contribution in [0, 0.1) is 5.82 Å². The summed E-state index contributed by atoms with van der Waals surface area (Å²) in [7, 11) is -2.27. The third-order valence-electron chi connectivity index (χ3n) is 5.32. The Hall–Kier alpha value is -2.58. The number of rotatable bonds is 6. The van der Waals surface area contributed by atoms with Gasteiger partial charge in [-0.1, -0.05) is 30.7 Å². The van der Waals surface area contributed by atoms with E-state index in [1.807, 2.05) is 0 Å². The highest BCUT2D eigenvalue weighted by atomic mass is 32.2. The highest BCUT2D eigenvalue weighted by Crippen LogP contribution is 2.27. The minimum Gasteiger partial charge on any atom is -0.340 e. The van der Waals surface area contributed by atoms with E-state index in [0.29, 0.717) is 18.4 Å². The molecule has 1 atom stereocenters. The van der Waals surface area contributed by atoms with Gasteiger partial charge in [-0.15, -0.1) is 0 Å². The first kappa shape index (κ1) is 22.1. The standard InChI is InChI=1S/C22H25FN2O4S/c1-16(26)18-8-12-20(13-9-18)30(28,29)25-14-4-3-5-21(25)22(27)24(2)15-17-6-10-19(23)11-7-17/h6-13,21H,3-5,14-15H2,1-2H3. The van der Waals surface area contributed by atoms with Gasteiger partial charge in [0, 0.05) is 25.7 Å². The van der Waals surface area contributed by atoms with E-state index in [1.165, 1.54) is 52.5 Å². The molecule has 0 saturated carbocycles. The van der Waals surface area contributed by atoms with E-state index in [1.54, 1.807) is 19.2 Å². The van der Waals surface area contributed by atoms with Gasteiger partial charge in [0.05, 0.1) is 4.90 Å². The Bertz CT molecular complexity index is 1020. The van der Waals surface area contributed by atoms with Crippen LogP contribution in [0.3, 0.4) is 0 Å². The van der Waals surface area contributed by atoms with E-state index in [4.69, 9.17) is 0 Å². The van der Waals surface area contributed by atoms with Crippen LogP contribution in [0.2, 0.25) is 0 Å². The fourth-order valence-corrected chi connectivity index (χ4v) is 5.28. The first-order valence-corrected chi connectivity index (χ1v) is 11.3. The van der Waals surface area contributed by atoms with E-state index in [0.717, 1.165) is 12.0 Å². The fraction of sp³-hybridized carbons (Fsp3) is 0.364. The number of Topliss-reactive ketones (excluding diaryl/α,β-unsaturated/α-hetero) is 1. The molecular weight excluding hydrogens is 407 g/mol. The van der Waals surface area contributed by atoms with Crippen molar-refractivity contribution in [3.05, 3.63) is 65.5 Å². The Balaban J connectivity index is 1.81. The SMILES string of the molecule is CC(=O)c1ccc(S(=O)(=O)N2CCCCC2C(=O)N(C)Cc2ccc(F)cc2)cc1. The molecule has 160 valence electrons. The second-order valence-corrected chi connectivity index (χ2v) is 9.42. The van der Waals surface area contributed by atoms with Crippen molar-refractivity contribution < 1.29 is 22.4 Å². The summed E-state index contributed by atoms with van der Waals surface area (Å²) < 4.78 is 40.8. The van der Waals surface area contributed by atoms with Crippen molar-refractivity contribution in [1.29, 1.82) is 0 Å². The quantitative estimate of drug-likeness (QED) is 0.657. The molecule has 2 aromatic rings. The zero-order chi connectivity index (χ0) is 21.9. The number of likely N-dealkylation sites (N-methyl/N-ethyl adjacent to an activating group) is 1. The van der Waals surface area contributed by atoms with Crippen molar-refractivity contribution >= 4 is 21.7 Å². The molecule has 0 aliphatic carbocycles. The molecule has 1 saturated heterocycles. The number of amides is 1. The number of hydrogen-bond acceptors (Lipinski definition) is 4. The third-order valence-corrected chi connectivity index (χ3v) is 7.24. The molecule has 0 N–H and O–H groups in total. The monoisotopic (exact) mass is 432 g/mol. The van der Waals surface area contributed by atoms with E-state index in [2.05, 4.69) is 0 Å². The number of carbonyl (C=O) groups is 2. The van der Waals surface area contributed by atoms with Crippen LogP contribution < -0.4 is 0 Å². The maximum Gasteiger partial charge on any atom is 0.243 e. The van der Waals surface area contributed by atoms with Gasteiger partial charge >= 0.3 is 0 Å². The molecule has 1 heterocycles. The zero-order valence-electron chi connectivity index (χ0n) is 17.0. The average molecular weight is 433 g/mol. The summed E-state index contributed by atoms with van der Waals surface area (Å²) in [6.45, 7) is 1.94. The molecule has 3 rings (SSSR count). The number of carbonyl (C=O) groups excluding carboxylic acids is 2. The van der Waals surface area contributed by atoms with Crippen LogP contribution in [0.1, 0.15) is 42.1 Å². The van der Waals surface area contributed by atoms with Crippen LogP contribution in [0.15, 0.2) is 53.4 Å². The highest BCUT2D eigenvalue weighted by molar-refractivity contribution is 7.89. The summed E-state index contributed by atoms with van der Waals surface area (Å²) in [6, 6.07) is 10.9. The lowest BCUT2D eigenvalue weighted by molar-refractivity contribution is -0.135. The van der Waals surface area contributed by atoms with Crippen molar-refractivity contribution in [2.24, 2.45) is 0 Å². The van der Waals surface area contributed by atoms with Crippen LogP contribution in [-0.4, -0.2) is 48.9 Å². The minimum absolute atomic E-state index is 0.0633. The number of hydrogen-bond donors (Lipinski definition) is 0. The van der Waals surface area contributed by atoms with Crippen molar-refractivity contribution in [3.8, 4) is 0 Å². The first-order valence-electron chi connectivity index (χ1n) is 9.82. The van der Waals surface area contributed by atoms with Gasteiger partial charge in [-0.25, -0.2) is 12.8 Å². The van der Waals surface area contributed by atoms with Crippen LogP contribution in [-0.2, 0) is 21.4 Å². The Labute approximate surface area is 176 Å². The summed E-state index contributed by atoms with van der Waals surface area (Å²) in [6.07, 6.45) is 1.88. The number of nitrogens with zero attached hydrogens (tertiary/aromatic N) is 2. The lowest BCUT2D eigenvalue weighted by atomic mass is 10.0. The topological polar surface area (TPSA) is 74.8 Å². The molecule has 0 spiro atoms.